The Kier molecular flexibility index (Phi) is 4.51. The zero-order chi connectivity index (χ0) is 13.8. The summed E-state index contributed by atoms with van der Waals surface area (Å²) in [5, 5.41) is 7.25. The van der Waals surface area contributed by atoms with Crippen LogP contribution in [0.4, 0.5) is 0 Å². The highest BCUT2D eigenvalue weighted by Gasteiger charge is 2.23. The molecule has 0 amide bonds. The summed E-state index contributed by atoms with van der Waals surface area (Å²) >= 11 is 1.87. The maximum absolute atomic E-state index is 3.89. The number of fused-ring (bicyclic) bond motifs is 1. The first-order valence-electron chi connectivity index (χ1n) is 7.42. The molecule has 20 heavy (non-hydrogen) atoms. The minimum Gasteiger partial charge on any atom is -0.314 e. The van der Waals surface area contributed by atoms with Crippen molar-refractivity contribution in [2.45, 2.75) is 18.9 Å². The highest BCUT2D eigenvalue weighted by molar-refractivity contribution is 7.17. The summed E-state index contributed by atoms with van der Waals surface area (Å²) in [5.74, 6) is 0. The van der Waals surface area contributed by atoms with Crippen molar-refractivity contribution in [2.24, 2.45) is 0 Å². The lowest BCUT2D eigenvalue weighted by Gasteiger charge is -2.35. The molecule has 1 saturated heterocycles. The minimum absolute atomic E-state index is 0.534. The van der Waals surface area contributed by atoms with E-state index >= 15 is 0 Å². The molecule has 0 aliphatic carbocycles. The van der Waals surface area contributed by atoms with Gasteiger partial charge in [-0.1, -0.05) is 24.3 Å². The number of nitrogens with one attached hydrogen (secondary N) is 1. The second-order valence-corrected chi connectivity index (χ2v) is 6.27. The molecule has 1 aliphatic rings. The standard InChI is InChI=1S/C17H22N2S/c1-2-3-7-16(19-11-9-18-10-12-19)15-13-20-17-8-5-4-6-14(15)17/h2,4-6,8,13,16,18H,1,3,7,9-12H2/t16-/m0/s1. The Labute approximate surface area is 125 Å². The van der Waals surface area contributed by atoms with Gasteiger partial charge < -0.3 is 5.32 Å². The normalized spacial score (nSPS) is 18.2. The maximum Gasteiger partial charge on any atom is 0.0366 e. The molecule has 1 aromatic carbocycles. The minimum atomic E-state index is 0.534. The van der Waals surface area contributed by atoms with Crippen LogP contribution in [-0.2, 0) is 0 Å². The Hall–Kier alpha value is -1.16. The van der Waals surface area contributed by atoms with Crippen molar-refractivity contribution in [1.29, 1.82) is 0 Å². The van der Waals surface area contributed by atoms with Crippen LogP contribution < -0.4 is 5.32 Å². The molecule has 0 saturated carbocycles. The van der Waals surface area contributed by atoms with Gasteiger partial charge >= 0.3 is 0 Å². The van der Waals surface area contributed by atoms with Crippen LogP contribution in [0.15, 0.2) is 42.3 Å². The highest BCUT2D eigenvalue weighted by Crippen LogP contribution is 2.35. The zero-order valence-corrected chi connectivity index (χ0v) is 12.7. The van der Waals surface area contributed by atoms with Crippen LogP contribution in [0.1, 0.15) is 24.4 Å². The molecule has 1 aromatic heterocycles. The highest BCUT2D eigenvalue weighted by atomic mass is 32.1. The van der Waals surface area contributed by atoms with E-state index in [-0.39, 0.29) is 0 Å². The molecule has 1 aliphatic heterocycles. The van der Waals surface area contributed by atoms with Gasteiger partial charge in [0.15, 0.2) is 0 Å². The fourth-order valence-electron chi connectivity index (χ4n) is 3.06. The first-order chi connectivity index (χ1) is 9.90. The molecule has 0 unspecified atom stereocenters. The molecule has 0 bridgehead atoms. The van der Waals surface area contributed by atoms with Gasteiger partial charge in [0.25, 0.3) is 0 Å². The van der Waals surface area contributed by atoms with Crippen LogP contribution in [0.25, 0.3) is 10.1 Å². The molecule has 3 rings (SSSR count). The SMILES string of the molecule is C=CCC[C@@H](c1csc2ccccc12)N1CCNCC1. The lowest BCUT2D eigenvalue weighted by atomic mass is 9.99. The molecule has 1 N–H and O–H groups in total. The van der Waals surface area contributed by atoms with E-state index in [2.05, 4.69) is 46.4 Å². The van der Waals surface area contributed by atoms with Gasteiger partial charge in [-0.15, -0.1) is 17.9 Å². The van der Waals surface area contributed by atoms with Crippen molar-refractivity contribution in [2.75, 3.05) is 26.2 Å². The molecule has 106 valence electrons. The summed E-state index contributed by atoms with van der Waals surface area (Å²) in [7, 11) is 0. The van der Waals surface area contributed by atoms with Gasteiger partial charge in [-0.3, -0.25) is 4.90 Å². The number of rotatable bonds is 5. The Morgan fingerprint density at radius 3 is 2.90 bits per heavy atom. The smallest absolute Gasteiger partial charge is 0.0366 e. The van der Waals surface area contributed by atoms with Crippen LogP contribution in [0.2, 0.25) is 0 Å². The van der Waals surface area contributed by atoms with E-state index in [9.17, 15) is 0 Å². The van der Waals surface area contributed by atoms with Crippen LogP contribution in [0.3, 0.4) is 0 Å². The number of nitrogens with zero attached hydrogens (tertiary/aromatic N) is 1. The van der Waals surface area contributed by atoms with Crippen molar-refractivity contribution in [3.8, 4) is 0 Å². The van der Waals surface area contributed by atoms with E-state index in [4.69, 9.17) is 0 Å². The summed E-state index contributed by atoms with van der Waals surface area (Å²) in [5.41, 5.74) is 1.51. The van der Waals surface area contributed by atoms with E-state index in [0.717, 1.165) is 32.6 Å². The first kappa shape index (κ1) is 13.8. The fraction of sp³-hybridized carbons (Fsp3) is 0.412. The number of thiophene rings is 1. The maximum atomic E-state index is 3.89. The van der Waals surface area contributed by atoms with Gasteiger partial charge in [0.05, 0.1) is 0 Å². The fourth-order valence-corrected chi connectivity index (χ4v) is 4.07. The number of hydrogen-bond donors (Lipinski definition) is 1. The number of piperazine rings is 1. The van der Waals surface area contributed by atoms with E-state index < -0.39 is 0 Å². The quantitative estimate of drug-likeness (QED) is 0.841. The molecular weight excluding hydrogens is 264 g/mol. The number of benzene rings is 1. The molecule has 2 nitrogen and oxygen atoms in total. The van der Waals surface area contributed by atoms with Gasteiger partial charge in [-0.2, -0.15) is 0 Å². The summed E-state index contributed by atoms with van der Waals surface area (Å²) in [6.45, 7) is 8.39. The second-order valence-electron chi connectivity index (χ2n) is 5.35. The first-order valence-corrected chi connectivity index (χ1v) is 8.30. The van der Waals surface area contributed by atoms with Crippen LogP contribution in [0, 0.1) is 0 Å². The molecule has 3 heteroatoms. The average Bonchev–Trinajstić information content (AvgIpc) is 2.93. The van der Waals surface area contributed by atoms with E-state index in [0.29, 0.717) is 6.04 Å². The lowest BCUT2D eigenvalue weighted by molar-refractivity contribution is 0.167. The number of hydrogen-bond acceptors (Lipinski definition) is 3. The van der Waals surface area contributed by atoms with Crippen LogP contribution >= 0.6 is 11.3 Å². The third-order valence-corrected chi connectivity index (χ3v) is 5.09. The molecular formula is C17H22N2S. The topological polar surface area (TPSA) is 15.3 Å². The van der Waals surface area contributed by atoms with Gasteiger partial charge in [0.1, 0.15) is 0 Å². The van der Waals surface area contributed by atoms with Crippen molar-refractivity contribution in [3.63, 3.8) is 0 Å². The van der Waals surface area contributed by atoms with Gasteiger partial charge in [-0.25, -0.2) is 0 Å². The Bertz CT molecular complexity index is 569. The predicted octanol–water partition coefficient (Wildman–Crippen LogP) is 3.81. The summed E-state index contributed by atoms with van der Waals surface area (Å²) < 4.78 is 1.40. The summed E-state index contributed by atoms with van der Waals surface area (Å²) in [6.07, 6.45) is 4.30. The van der Waals surface area contributed by atoms with Gasteiger partial charge in [0, 0.05) is 36.9 Å². The molecule has 1 atom stereocenters. The average molecular weight is 286 g/mol. The monoisotopic (exact) mass is 286 g/mol. The Morgan fingerprint density at radius 2 is 2.10 bits per heavy atom. The molecule has 1 fully saturated rings. The molecule has 0 radical (unpaired) electrons. The van der Waals surface area contributed by atoms with E-state index in [1.54, 1.807) is 0 Å². The van der Waals surface area contributed by atoms with E-state index in [1.807, 2.05) is 17.4 Å². The predicted molar refractivity (Wildman–Crippen MR) is 88.4 cm³/mol. The van der Waals surface area contributed by atoms with Gasteiger partial charge in [-0.05, 0) is 35.2 Å². The van der Waals surface area contributed by atoms with Gasteiger partial charge in [0.2, 0.25) is 0 Å². The third-order valence-electron chi connectivity index (χ3n) is 4.11. The summed E-state index contributed by atoms with van der Waals surface area (Å²) in [6, 6.07) is 9.31. The van der Waals surface area contributed by atoms with Crippen molar-refractivity contribution in [1.82, 2.24) is 10.2 Å². The lowest BCUT2D eigenvalue weighted by Crippen LogP contribution is -2.45. The van der Waals surface area contributed by atoms with Crippen LogP contribution in [-0.4, -0.2) is 31.1 Å². The van der Waals surface area contributed by atoms with Crippen LogP contribution in [0.5, 0.6) is 0 Å². The third kappa shape index (κ3) is 2.80. The second kappa shape index (κ2) is 6.53. The molecule has 0 spiro atoms. The molecule has 2 aromatic rings. The Balaban J connectivity index is 1.92. The largest absolute Gasteiger partial charge is 0.314 e. The van der Waals surface area contributed by atoms with Crippen molar-refractivity contribution in [3.05, 3.63) is 47.9 Å². The van der Waals surface area contributed by atoms with Crippen molar-refractivity contribution >= 4 is 21.4 Å². The van der Waals surface area contributed by atoms with E-state index in [1.165, 1.54) is 22.1 Å². The zero-order valence-electron chi connectivity index (χ0n) is 11.8. The van der Waals surface area contributed by atoms with Crippen molar-refractivity contribution < 1.29 is 0 Å². The molecule has 2 heterocycles. The Morgan fingerprint density at radius 1 is 1.30 bits per heavy atom. The number of allylic oxidation sites excluding steroid dienone is 1. The summed E-state index contributed by atoms with van der Waals surface area (Å²) in [4.78, 5) is 2.63.